The molecule has 3 fully saturated rings. The van der Waals surface area contributed by atoms with E-state index in [1.165, 1.54) is 11.6 Å². The highest BCUT2D eigenvalue weighted by atomic mass is 19.1. The molecular weight excluding hydrogens is 469 g/mol. The maximum atomic E-state index is 13.8. The summed E-state index contributed by atoms with van der Waals surface area (Å²) in [5, 5.41) is 3.02. The van der Waals surface area contributed by atoms with Crippen molar-refractivity contribution in [1.82, 2.24) is 5.32 Å². The molecule has 1 saturated heterocycles. The molecule has 1 aromatic carbocycles. The number of hydrogen-bond donors (Lipinski definition) is 1. The lowest BCUT2D eigenvalue weighted by molar-refractivity contribution is -0.144. The molecule has 5 rings (SSSR count). The molecule has 3 aliphatic carbocycles. The molecule has 1 aromatic rings. The fourth-order valence-electron chi connectivity index (χ4n) is 7.39. The Kier molecular flexibility index (Phi) is 7.55. The Morgan fingerprint density at radius 2 is 2.05 bits per heavy atom. The van der Waals surface area contributed by atoms with Crippen LogP contribution in [0.5, 0.6) is 0 Å². The number of benzene rings is 1. The maximum absolute atomic E-state index is 13.8. The molecule has 5 nitrogen and oxygen atoms in total. The zero-order valence-electron chi connectivity index (χ0n) is 22.0. The monoisotopic (exact) mass is 507 g/mol. The van der Waals surface area contributed by atoms with Crippen molar-refractivity contribution in [3.8, 4) is 0 Å². The molecule has 37 heavy (non-hydrogen) atoms. The molecule has 0 spiro atoms. The van der Waals surface area contributed by atoms with Gasteiger partial charge in [0, 0.05) is 12.0 Å². The van der Waals surface area contributed by atoms with Gasteiger partial charge in [-0.05, 0) is 98.5 Å². The minimum Gasteiger partial charge on any atom is -0.462 e. The highest BCUT2D eigenvalue weighted by molar-refractivity contribution is 5.75. The summed E-state index contributed by atoms with van der Waals surface area (Å²) in [6.07, 6.45) is 13.0. The van der Waals surface area contributed by atoms with Gasteiger partial charge in [0.15, 0.2) is 0 Å². The third kappa shape index (κ3) is 5.39. The van der Waals surface area contributed by atoms with E-state index in [0.717, 1.165) is 43.2 Å². The summed E-state index contributed by atoms with van der Waals surface area (Å²) in [5.74, 6) is 1.23. The number of amides is 1. The zero-order valence-corrected chi connectivity index (χ0v) is 22.0. The summed E-state index contributed by atoms with van der Waals surface area (Å²) < 4.78 is 24.6. The third-order valence-electron chi connectivity index (χ3n) is 8.99. The van der Waals surface area contributed by atoms with Crippen LogP contribution < -0.4 is 5.32 Å². The molecule has 0 bridgehead atoms. The summed E-state index contributed by atoms with van der Waals surface area (Å²) in [4.78, 5) is 24.7. The molecule has 8 atom stereocenters. The van der Waals surface area contributed by atoms with Crippen LogP contribution >= 0.6 is 0 Å². The molecule has 0 aromatic heterocycles. The van der Waals surface area contributed by atoms with Crippen molar-refractivity contribution < 1.29 is 23.5 Å². The number of esters is 1. The summed E-state index contributed by atoms with van der Waals surface area (Å²) in [6, 6.07) is 6.89. The molecular formula is C31H38FNO4. The minimum absolute atomic E-state index is 0.0667. The van der Waals surface area contributed by atoms with Crippen molar-refractivity contribution in [3.63, 3.8) is 0 Å². The number of cyclic esters (lactones) is 1. The van der Waals surface area contributed by atoms with Gasteiger partial charge in [0.05, 0.1) is 12.5 Å². The highest BCUT2D eigenvalue weighted by Gasteiger charge is 2.54. The second-order valence-corrected chi connectivity index (χ2v) is 11.3. The van der Waals surface area contributed by atoms with Crippen LogP contribution in [0.25, 0.3) is 5.57 Å². The molecule has 0 radical (unpaired) electrons. The lowest BCUT2D eigenvalue weighted by atomic mass is 9.57. The molecule has 1 N–H and O–H groups in total. The van der Waals surface area contributed by atoms with Gasteiger partial charge in [0.2, 0.25) is 0 Å². The molecule has 6 heteroatoms. The number of carbonyl (C=O) groups is 2. The number of halogens is 1. The van der Waals surface area contributed by atoms with Crippen molar-refractivity contribution >= 4 is 17.6 Å². The zero-order chi connectivity index (χ0) is 26.1. The van der Waals surface area contributed by atoms with Gasteiger partial charge in [-0.25, -0.2) is 9.18 Å². The Bertz CT molecular complexity index is 1120. The molecule has 1 aliphatic heterocycles. The van der Waals surface area contributed by atoms with Crippen LogP contribution in [0.4, 0.5) is 9.18 Å². The molecule has 198 valence electrons. The third-order valence-corrected chi connectivity index (χ3v) is 8.99. The van der Waals surface area contributed by atoms with Crippen LogP contribution in [-0.4, -0.2) is 30.8 Å². The van der Waals surface area contributed by atoms with Crippen LogP contribution in [0.2, 0.25) is 0 Å². The number of hydrogen-bond acceptors (Lipinski definition) is 4. The number of carbonyl (C=O) groups excluding carboxylic acids is 2. The standard InChI is InChI=1S/C31H38FNO4/c1-4-36-31(35)33-24-10-13-26-22(16-24)17-28-29(19(3)37-30(28)34)27(26)12-9-20-8-11-25(18(2)14-20)21-6-5-7-23(32)15-21/h5-9,11-12,15,18-19,22,24,26-29H,4,10,13-14,16-17H2,1-3H3,(H,33,35)/b12-9+/t18?,19-,22+,24-,26+,27+,28-,29-/m1/s1. The van der Waals surface area contributed by atoms with Gasteiger partial charge in [-0.15, -0.1) is 0 Å². The molecule has 1 amide bonds. The van der Waals surface area contributed by atoms with Crippen LogP contribution in [0, 0.1) is 41.3 Å². The Balaban J connectivity index is 1.35. The Hall–Kier alpha value is -2.89. The predicted molar refractivity (Wildman–Crippen MR) is 141 cm³/mol. The Morgan fingerprint density at radius 1 is 1.22 bits per heavy atom. The number of alkyl carbamates (subject to hydrolysis) is 1. The van der Waals surface area contributed by atoms with Gasteiger partial charge in [0.25, 0.3) is 0 Å². The Morgan fingerprint density at radius 3 is 2.81 bits per heavy atom. The maximum Gasteiger partial charge on any atom is 0.407 e. The second-order valence-electron chi connectivity index (χ2n) is 11.3. The smallest absolute Gasteiger partial charge is 0.407 e. The van der Waals surface area contributed by atoms with E-state index < -0.39 is 0 Å². The topological polar surface area (TPSA) is 64.6 Å². The summed E-state index contributed by atoms with van der Waals surface area (Å²) in [5.41, 5.74) is 3.35. The first-order valence-corrected chi connectivity index (χ1v) is 13.8. The van der Waals surface area contributed by atoms with Crippen molar-refractivity contribution in [2.45, 2.75) is 65.0 Å². The van der Waals surface area contributed by atoms with E-state index in [2.05, 4.69) is 36.5 Å². The quantitative estimate of drug-likeness (QED) is 0.465. The van der Waals surface area contributed by atoms with Crippen molar-refractivity contribution in [1.29, 1.82) is 0 Å². The van der Waals surface area contributed by atoms with Crippen LogP contribution in [0.3, 0.4) is 0 Å². The number of rotatable bonds is 5. The number of ether oxygens (including phenoxy) is 2. The SMILES string of the molecule is CCOC(=O)N[C@@H]1CC[C@H]2[C@@H](C1)C[C@H]1C(=O)O[C@H](C)[C@@H]1[C@H]2/C=C/C1=CC=C(c2cccc(F)c2)C(C)C1. The van der Waals surface area contributed by atoms with Gasteiger partial charge in [-0.2, -0.15) is 0 Å². The molecule has 1 heterocycles. The molecule has 1 unspecified atom stereocenters. The van der Waals surface area contributed by atoms with Gasteiger partial charge >= 0.3 is 12.1 Å². The largest absolute Gasteiger partial charge is 0.462 e. The minimum atomic E-state index is -0.353. The van der Waals surface area contributed by atoms with Crippen LogP contribution in [0.1, 0.15) is 58.4 Å². The number of fused-ring (bicyclic) bond motifs is 2. The van der Waals surface area contributed by atoms with Crippen molar-refractivity contribution in [2.75, 3.05) is 6.61 Å². The van der Waals surface area contributed by atoms with E-state index in [-0.39, 0.29) is 53.7 Å². The van der Waals surface area contributed by atoms with Gasteiger partial charge in [0.1, 0.15) is 11.9 Å². The van der Waals surface area contributed by atoms with E-state index in [4.69, 9.17) is 9.47 Å². The predicted octanol–water partition coefficient (Wildman–Crippen LogP) is 6.46. The van der Waals surface area contributed by atoms with Crippen molar-refractivity contribution in [3.05, 3.63) is 65.5 Å². The lowest BCUT2D eigenvalue weighted by Gasteiger charge is -2.47. The van der Waals surface area contributed by atoms with Crippen molar-refractivity contribution in [2.24, 2.45) is 35.5 Å². The normalized spacial score (nSPS) is 35.2. The summed E-state index contributed by atoms with van der Waals surface area (Å²) >= 11 is 0. The second kappa shape index (κ2) is 10.8. The Labute approximate surface area is 219 Å². The summed E-state index contributed by atoms with van der Waals surface area (Å²) in [6.45, 7) is 6.39. The van der Waals surface area contributed by atoms with E-state index in [1.807, 2.05) is 19.9 Å². The van der Waals surface area contributed by atoms with E-state index in [0.29, 0.717) is 18.4 Å². The average molecular weight is 508 g/mol. The first kappa shape index (κ1) is 25.7. The molecule has 4 aliphatic rings. The number of allylic oxidation sites excluding steroid dienone is 6. The summed E-state index contributed by atoms with van der Waals surface area (Å²) in [7, 11) is 0. The van der Waals surface area contributed by atoms with E-state index in [1.54, 1.807) is 12.1 Å². The first-order chi connectivity index (χ1) is 17.8. The van der Waals surface area contributed by atoms with Crippen LogP contribution in [0.15, 0.2) is 54.1 Å². The molecule has 2 saturated carbocycles. The lowest BCUT2D eigenvalue weighted by Crippen LogP contribution is -2.48. The van der Waals surface area contributed by atoms with Crippen LogP contribution in [-0.2, 0) is 14.3 Å². The fourth-order valence-corrected chi connectivity index (χ4v) is 7.39. The first-order valence-electron chi connectivity index (χ1n) is 13.8. The number of nitrogens with one attached hydrogen (secondary N) is 1. The van der Waals surface area contributed by atoms with Gasteiger partial charge in [-0.1, -0.05) is 43.4 Å². The highest BCUT2D eigenvalue weighted by Crippen LogP contribution is 2.53. The van der Waals surface area contributed by atoms with E-state index >= 15 is 0 Å². The van der Waals surface area contributed by atoms with Gasteiger partial charge in [-0.3, -0.25) is 4.79 Å². The van der Waals surface area contributed by atoms with Gasteiger partial charge < -0.3 is 14.8 Å². The van der Waals surface area contributed by atoms with E-state index in [9.17, 15) is 14.0 Å². The fraction of sp³-hybridized carbons (Fsp3) is 0.548. The average Bonchev–Trinajstić information content (AvgIpc) is 3.14.